The number of primary sulfonamides is 1. The van der Waals surface area contributed by atoms with Gasteiger partial charge in [0.2, 0.25) is 10.0 Å². The van der Waals surface area contributed by atoms with Crippen molar-refractivity contribution < 1.29 is 17.9 Å². The van der Waals surface area contributed by atoms with Crippen molar-refractivity contribution in [1.82, 2.24) is 9.78 Å². The second-order valence-corrected chi connectivity index (χ2v) is 8.79. The highest BCUT2D eigenvalue weighted by Crippen LogP contribution is 2.28. The van der Waals surface area contributed by atoms with Gasteiger partial charge >= 0.3 is 5.97 Å². The summed E-state index contributed by atoms with van der Waals surface area (Å²) in [4.78, 5) is 12.0. The summed E-state index contributed by atoms with van der Waals surface area (Å²) in [5.74, 6) is -0.564. The summed E-state index contributed by atoms with van der Waals surface area (Å²) in [6, 6.07) is 17.5. The highest BCUT2D eigenvalue weighted by Gasteiger charge is 2.18. The zero-order chi connectivity index (χ0) is 21.3. The molecule has 4 rings (SSSR count). The number of thiophene rings is 1. The van der Waals surface area contributed by atoms with Crippen LogP contribution in [0.4, 0.5) is 0 Å². The van der Waals surface area contributed by atoms with Gasteiger partial charge in [-0.05, 0) is 58.3 Å². The van der Waals surface area contributed by atoms with Crippen molar-refractivity contribution in [3.8, 4) is 28.1 Å². The van der Waals surface area contributed by atoms with E-state index in [2.05, 4.69) is 10.5 Å². The predicted octanol–water partition coefficient (Wildman–Crippen LogP) is 3.70. The molecule has 2 heterocycles. The molecular weight excluding hydrogens is 422 g/mol. The SMILES string of the molecule is COC(=O)c1cc(-c2ccc(-c3ccsc3)cc2)n(-c2ccc(S(N)(=O)=O)cc2)n1. The molecule has 0 saturated heterocycles. The Kier molecular flexibility index (Phi) is 5.25. The number of hydrogen-bond acceptors (Lipinski definition) is 6. The van der Waals surface area contributed by atoms with Crippen molar-refractivity contribution in [2.75, 3.05) is 7.11 Å². The third kappa shape index (κ3) is 3.90. The first kappa shape index (κ1) is 20.0. The molecule has 2 aromatic carbocycles. The molecule has 30 heavy (non-hydrogen) atoms. The molecule has 0 bridgehead atoms. The number of carbonyl (C=O) groups excluding carboxylic acids is 1. The third-order valence-corrected chi connectivity index (χ3v) is 6.16. The molecule has 0 saturated carbocycles. The molecule has 0 aliphatic rings. The predicted molar refractivity (Wildman–Crippen MR) is 115 cm³/mol. The lowest BCUT2D eigenvalue weighted by Crippen LogP contribution is -2.12. The number of esters is 1. The monoisotopic (exact) mass is 439 g/mol. The van der Waals surface area contributed by atoms with Crippen molar-refractivity contribution in [2.45, 2.75) is 4.90 Å². The maximum absolute atomic E-state index is 12.0. The van der Waals surface area contributed by atoms with Crippen molar-refractivity contribution in [3.63, 3.8) is 0 Å². The molecule has 7 nitrogen and oxygen atoms in total. The van der Waals surface area contributed by atoms with Gasteiger partial charge in [0.25, 0.3) is 0 Å². The Labute approximate surface area is 177 Å². The highest BCUT2D eigenvalue weighted by atomic mass is 32.2. The molecule has 0 amide bonds. The number of benzene rings is 2. The van der Waals surface area contributed by atoms with Gasteiger partial charge in [-0.3, -0.25) is 0 Å². The summed E-state index contributed by atoms with van der Waals surface area (Å²) < 4.78 is 29.4. The molecule has 0 aliphatic carbocycles. The van der Waals surface area contributed by atoms with E-state index < -0.39 is 16.0 Å². The largest absolute Gasteiger partial charge is 0.464 e. The number of sulfonamides is 1. The van der Waals surface area contributed by atoms with Gasteiger partial charge < -0.3 is 4.74 Å². The molecule has 9 heteroatoms. The normalized spacial score (nSPS) is 11.4. The molecule has 0 radical (unpaired) electrons. The smallest absolute Gasteiger partial charge is 0.358 e. The van der Waals surface area contributed by atoms with Crippen molar-refractivity contribution in [3.05, 3.63) is 77.1 Å². The second-order valence-electron chi connectivity index (χ2n) is 6.45. The Morgan fingerprint density at radius 1 is 1.00 bits per heavy atom. The topological polar surface area (TPSA) is 104 Å². The molecule has 0 spiro atoms. The van der Waals surface area contributed by atoms with Crippen LogP contribution in [0.5, 0.6) is 0 Å². The minimum Gasteiger partial charge on any atom is -0.464 e. The van der Waals surface area contributed by atoms with Crippen LogP contribution >= 0.6 is 11.3 Å². The molecule has 0 fully saturated rings. The fraction of sp³-hybridized carbons (Fsp3) is 0.0476. The first-order valence-electron chi connectivity index (χ1n) is 8.81. The zero-order valence-electron chi connectivity index (χ0n) is 15.8. The van der Waals surface area contributed by atoms with Gasteiger partial charge in [0, 0.05) is 5.56 Å². The number of methoxy groups -OCH3 is 1. The van der Waals surface area contributed by atoms with Crippen LogP contribution in [0.25, 0.3) is 28.1 Å². The van der Waals surface area contributed by atoms with Crippen molar-refractivity contribution in [1.29, 1.82) is 0 Å². The molecule has 0 aliphatic heterocycles. The van der Waals surface area contributed by atoms with Crippen LogP contribution in [-0.4, -0.2) is 31.3 Å². The number of nitrogens with two attached hydrogens (primary N) is 1. The summed E-state index contributed by atoms with van der Waals surface area (Å²) >= 11 is 1.63. The molecule has 2 N–H and O–H groups in total. The molecule has 0 atom stereocenters. The average molecular weight is 440 g/mol. The van der Waals surface area contributed by atoms with E-state index in [9.17, 15) is 13.2 Å². The van der Waals surface area contributed by atoms with Gasteiger partial charge in [0.1, 0.15) is 0 Å². The number of hydrogen-bond donors (Lipinski definition) is 1. The molecule has 152 valence electrons. The average Bonchev–Trinajstić information content (AvgIpc) is 3.43. The Balaban J connectivity index is 1.79. The molecular formula is C21H17N3O4S2. The Morgan fingerprint density at radius 2 is 1.67 bits per heavy atom. The minimum absolute atomic E-state index is 0.00624. The van der Waals surface area contributed by atoms with E-state index in [1.165, 1.54) is 19.2 Å². The van der Waals surface area contributed by atoms with Crippen LogP contribution in [0.3, 0.4) is 0 Å². The summed E-state index contributed by atoms with van der Waals surface area (Å²) in [7, 11) is -2.52. The van der Waals surface area contributed by atoms with E-state index in [1.807, 2.05) is 35.7 Å². The van der Waals surface area contributed by atoms with E-state index in [4.69, 9.17) is 9.88 Å². The Bertz CT molecular complexity index is 1290. The van der Waals surface area contributed by atoms with Gasteiger partial charge in [-0.2, -0.15) is 16.4 Å². The van der Waals surface area contributed by atoms with E-state index >= 15 is 0 Å². The number of rotatable bonds is 5. The first-order valence-corrected chi connectivity index (χ1v) is 11.3. The van der Waals surface area contributed by atoms with Crippen LogP contribution in [0.1, 0.15) is 10.5 Å². The van der Waals surface area contributed by atoms with E-state index in [0.717, 1.165) is 16.7 Å². The van der Waals surface area contributed by atoms with Crippen LogP contribution in [0.15, 0.2) is 76.3 Å². The summed E-state index contributed by atoms with van der Waals surface area (Å²) in [5, 5.41) is 13.6. The summed E-state index contributed by atoms with van der Waals surface area (Å²) in [6.07, 6.45) is 0. The maximum atomic E-state index is 12.0. The fourth-order valence-electron chi connectivity index (χ4n) is 3.03. The van der Waals surface area contributed by atoms with Gasteiger partial charge in [-0.1, -0.05) is 24.3 Å². The number of ether oxygens (including phenoxy) is 1. The van der Waals surface area contributed by atoms with Gasteiger partial charge in [0.05, 0.1) is 23.4 Å². The van der Waals surface area contributed by atoms with Crippen LogP contribution in [-0.2, 0) is 14.8 Å². The van der Waals surface area contributed by atoms with Gasteiger partial charge in [-0.15, -0.1) is 0 Å². The fourth-order valence-corrected chi connectivity index (χ4v) is 4.21. The summed E-state index contributed by atoms with van der Waals surface area (Å²) in [5.41, 5.74) is 4.44. The lowest BCUT2D eigenvalue weighted by Gasteiger charge is -2.09. The zero-order valence-corrected chi connectivity index (χ0v) is 17.5. The van der Waals surface area contributed by atoms with E-state index in [0.29, 0.717) is 11.4 Å². The Hall–Kier alpha value is -3.27. The van der Waals surface area contributed by atoms with Crippen LogP contribution < -0.4 is 5.14 Å². The number of carbonyl (C=O) groups is 1. The first-order chi connectivity index (χ1) is 14.4. The molecule has 2 aromatic heterocycles. The molecule has 0 unspecified atom stereocenters. The van der Waals surface area contributed by atoms with Gasteiger partial charge in [0.15, 0.2) is 5.69 Å². The standard InChI is InChI=1S/C21H17N3O4S2/c1-28-21(25)19-12-20(15-4-2-14(3-5-15)16-10-11-29-13-16)24(23-19)17-6-8-18(9-7-17)30(22,26)27/h2-13H,1H3,(H2,22,26,27). The second kappa shape index (κ2) is 7.86. The lowest BCUT2D eigenvalue weighted by molar-refractivity contribution is 0.0593. The number of nitrogens with zero attached hydrogens (tertiary/aromatic N) is 2. The molecule has 4 aromatic rings. The van der Waals surface area contributed by atoms with Crippen LogP contribution in [0.2, 0.25) is 0 Å². The number of aromatic nitrogens is 2. The highest BCUT2D eigenvalue weighted by molar-refractivity contribution is 7.89. The van der Waals surface area contributed by atoms with Crippen molar-refractivity contribution in [2.24, 2.45) is 5.14 Å². The summed E-state index contributed by atoms with van der Waals surface area (Å²) in [6.45, 7) is 0. The minimum atomic E-state index is -3.81. The maximum Gasteiger partial charge on any atom is 0.358 e. The Morgan fingerprint density at radius 3 is 2.23 bits per heavy atom. The van der Waals surface area contributed by atoms with Crippen LogP contribution in [0, 0.1) is 0 Å². The van der Waals surface area contributed by atoms with E-state index in [1.54, 1.807) is 34.2 Å². The van der Waals surface area contributed by atoms with E-state index in [-0.39, 0.29) is 10.6 Å². The lowest BCUT2D eigenvalue weighted by atomic mass is 10.0. The third-order valence-electron chi connectivity index (χ3n) is 4.55. The van der Waals surface area contributed by atoms with Crippen molar-refractivity contribution >= 4 is 27.3 Å². The quantitative estimate of drug-likeness (QED) is 0.478. The van der Waals surface area contributed by atoms with Gasteiger partial charge in [-0.25, -0.2) is 23.0 Å².